The molecule has 0 aromatic carbocycles. The molecule has 0 spiro atoms. The minimum Gasteiger partial charge on any atom is -0.471 e. The topological polar surface area (TPSA) is 55.4 Å². The van der Waals surface area contributed by atoms with Gasteiger partial charge in [-0.25, -0.2) is 8.42 Å². The lowest BCUT2D eigenvalue weighted by Crippen LogP contribution is -2.47. The SMILES string of the molecule is CCCOC(=S)NC1(C)CCS(=O)(=O)C1. The molecular formula is C9H17NO3S2. The minimum atomic E-state index is -2.90. The van der Waals surface area contributed by atoms with E-state index in [-0.39, 0.29) is 11.5 Å². The standard InChI is InChI=1S/C9H17NO3S2/c1-3-5-13-8(14)10-9(2)4-6-15(11,12)7-9/h3-7H2,1-2H3,(H,10,14). The van der Waals surface area contributed by atoms with Gasteiger partial charge in [-0.1, -0.05) is 6.92 Å². The largest absolute Gasteiger partial charge is 0.471 e. The Labute approximate surface area is 96.3 Å². The number of ether oxygens (including phenoxy) is 1. The molecule has 0 radical (unpaired) electrons. The molecule has 0 saturated carbocycles. The van der Waals surface area contributed by atoms with Gasteiger partial charge in [0.2, 0.25) is 0 Å². The maximum atomic E-state index is 11.3. The zero-order chi connectivity index (χ0) is 11.5. The molecule has 1 fully saturated rings. The van der Waals surface area contributed by atoms with Gasteiger partial charge in [-0.2, -0.15) is 0 Å². The number of thiocarbonyl (C=S) groups is 1. The highest BCUT2D eigenvalue weighted by Crippen LogP contribution is 2.22. The van der Waals surface area contributed by atoms with Crippen molar-refractivity contribution in [3.8, 4) is 0 Å². The molecule has 0 amide bonds. The molecule has 1 N–H and O–H groups in total. The molecule has 88 valence electrons. The van der Waals surface area contributed by atoms with Crippen molar-refractivity contribution >= 4 is 27.2 Å². The van der Waals surface area contributed by atoms with Crippen LogP contribution in [0.5, 0.6) is 0 Å². The van der Waals surface area contributed by atoms with E-state index in [2.05, 4.69) is 5.32 Å². The van der Waals surface area contributed by atoms with E-state index in [0.717, 1.165) is 6.42 Å². The molecule has 15 heavy (non-hydrogen) atoms. The quantitative estimate of drug-likeness (QED) is 0.754. The molecule has 0 aromatic heterocycles. The third-order valence-corrected chi connectivity index (χ3v) is 4.47. The molecule has 6 heteroatoms. The molecule has 1 atom stereocenters. The van der Waals surface area contributed by atoms with E-state index in [0.29, 0.717) is 18.2 Å². The van der Waals surface area contributed by atoms with Crippen LogP contribution in [0.3, 0.4) is 0 Å². The summed E-state index contributed by atoms with van der Waals surface area (Å²) in [5, 5.41) is 3.28. The van der Waals surface area contributed by atoms with Crippen molar-refractivity contribution in [2.45, 2.75) is 32.2 Å². The van der Waals surface area contributed by atoms with Gasteiger partial charge in [-0.3, -0.25) is 0 Å². The van der Waals surface area contributed by atoms with E-state index in [9.17, 15) is 8.42 Å². The van der Waals surface area contributed by atoms with Crippen molar-refractivity contribution in [1.82, 2.24) is 5.32 Å². The maximum Gasteiger partial charge on any atom is 0.257 e. The monoisotopic (exact) mass is 251 g/mol. The van der Waals surface area contributed by atoms with Crippen molar-refractivity contribution in [3.05, 3.63) is 0 Å². The normalized spacial score (nSPS) is 28.7. The highest BCUT2D eigenvalue weighted by molar-refractivity contribution is 7.91. The van der Waals surface area contributed by atoms with Crippen LogP contribution in [0.25, 0.3) is 0 Å². The predicted molar refractivity (Wildman–Crippen MR) is 63.7 cm³/mol. The van der Waals surface area contributed by atoms with E-state index < -0.39 is 15.4 Å². The Morgan fingerprint density at radius 2 is 2.27 bits per heavy atom. The van der Waals surface area contributed by atoms with Gasteiger partial charge in [0.25, 0.3) is 5.17 Å². The Morgan fingerprint density at radius 3 is 2.73 bits per heavy atom. The van der Waals surface area contributed by atoms with Crippen LogP contribution < -0.4 is 5.32 Å². The summed E-state index contributed by atoms with van der Waals surface area (Å²) in [5.74, 6) is 0.364. The number of rotatable bonds is 3. The van der Waals surface area contributed by atoms with Crippen LogP contribution in [0.2, 0.25) is 0 Å². The van der Waals surface area contributed by atoms with E-state index in [1.165, 1.54) is 0 Å². The first-order chi connectivity index (χ1) is 6.87. The molecule has 0 aromatic rings. The van der Waals surface area contributed by atoms with Gasteiger partial charge in [0.05, 0.1) is 23.7 Å². The smallest absolute Gasteiger partial charge is 0.257 e. The third-order valence-electron chi connectivity index (χ3n) is 2.34. The summed E-state index contributed by atoms with van der Waals surface area (Å²) in [6.07, 6.45) is 1.47. The summed E-state index contributed by atoms with van der Waals surface area (Å²) in [6, 6.07) is 0. The summed E-state index contributed by atoms with van der Waals surface area (Å²) in [4.78, 5) is 0. The van der Waals surface area contributed by atoms with Crippen LogP contribution in [-0.2, 0) is 14.6 Å². The van der Waals surface area contributed by atoms with Gasteiger partial charge < -0.3 is 10.1 Å². The summed E-state index contributed by atoms with van der Waals surface area (Å²) in [5.41, 5.74) is -0.455. The Morgan fingerprint density at radius 1 is 1.60 bits per heavy atom. The van der Waals surface area contributed by atoms with Crippen LogP contribution in [0.4, 0.5) is 0 Å². The minimum absolute atomic E-state index is 0.135. The van der Waals surface area contributed by atoms with Crippen molar-refractivity contribution in [1.29, 1.82) is 0 Å². The molecule has 1 aliphatic heterocycles. The zero-order valence-electron chi connectivity index (χ0n) is 9.08. The van der Waals surface area contributed by atoms with Crippen LogP contribution in [0, 0.1) is 0 Å². The van der Waals surface area contributed by atoms with Gasteiger partial charge in [0.1, 0.15) is 0 Å². The fourth-order valence-electron chi connectivity index (χ4n) is 1.59. The maximum absolute atomic E-state index is 11.3. The van der Waals surface area contributed by atoms with Gasteiger partial charge in [0, 0.05) is 0 Å². The van der Waals surface area contributed by atoms with E-state index in [1.807, 2.05) is 13.8 Å². The van der Waals surface area contributed by atoms with Crippen molar-refractivity contribution in [3.63, 3.8) is 0 Å². The second-order valence-electron chi connectivity index (χ2n) is 4.16. The number of sulfone groups is 1. The van der Waals surface area contributed by atoms with Gasteiger partial charge in [0.15, 0.2) is 9.84 Å². The third kappa shape index (κ3) is 3.95. The second kappa shape index (κ2) is 4.65. The van der Waals surface area contributed by atoms with Gasteiger partial charge >= 0.3 is 0 Å². The number of nitrogens with one attached hydrogen (secondary N) is 1. The molecule has 0 aliphatic carbocycles. The van der Waals surface area contributed by atoms with Crippen molar-refractivity contribution in [2.24, 2.45) is 0 Å². The molecular weight excluding hydrogens is 234 g/mol. The van der Waals surface area contributed by atoms with Crippen LogP contribution in [-0.4, -0.2) is 37.2 Å². The first-order valence-electron chi connectivity index (χ1n) is 5.02. The molecule has 1 heterocycles. The van der Waals surface area contributed by atoms with Crippen molar-refractivity contribution < 1.29 is 13.2 Å². The summed E-state index contributed by atoms with van der Waals surface area (Å²) in [6.45, 7) is 4.41. The summed E-state index contributed by atoms with van der Waals surface area (Å²) < 4.78 is 27.8. The lowest BCUT2D eigenvalue weighted by atomic mass is 10.0. The van der Waals surface area contributed by atoms with Gasteiger partial charge in [-0.15, -0.1) is 0 Å². The fourth-order valence-corrected chi connectivity index (χ4v) is 4.01. The predicted octanol–water partition coefficient (Wildman–Crippen LogP) is 0.865. The van der Waals surface area contributed by atoms with Crippen LogP contribution in [0.15, 0.2) is 0 Å². The number of hydrogen-bond donors (Lipinski definition) is 1. The molecule has 0 bridgehead atoms. The van der Waals surface area contributed by atoms with E-state index >= 15 is 0 Å². The van der Waals surface area contributed by atoms with E-state index in [4.69, 9.17) is 17.0 Å². The summed E-state index contributed by atoms with van der Waals surface area (Å²) >= 11 is 4.97. The molecule has 1 rings (SSSR count). The van der Waals surface area contributed by atoms with E-state index in [1.54, 1.807) is 0 Å². The first kappa shape index (κ1) is 12.7. The number of hydrogen-bond acceptors (Lipinski definition) is 4. The molecule has 1 aliphatic rings. The lowest BCUT2D eigenvalue weighted by Gasteiger charge is -2.25. The first-order valence-corrected chi connectivity index (χ1v) is 7.25. The Bertz CT molecular complexity index is 339. The van der Waals surface area contributed by atoms with Gasteiger partial charge in [-0.05, 0) is 32.0 Å². The highest BCUT2D eigenvalue weighted by atomic mass is 32.2. The van der Waals surface area contributed by atoms with Crippen LogP contribution >= 0.6 is 12.2 Å². The Balaban J connectivity index is 2.48. The molecule has 4 nitrogen and oxygen atoms in total. The Hall–Kier alpha value is -0.360. The molecule has 1 unspecified atom stereocenters. The second-order valence-corrected chi connectivity index (χ2v) is 6.72. The fraction of sp³-hybridized carbons (Fsp3) is 0.889. The zero-order valence-corrected chi connectivity index (χ0v) is 10.7. The average molecular weight is 251 g/mol. The highest BCUT2D eigenvalue weighted by Gasteiger charge is 2.39. The lowest BCUT2D eigenvalue weighted by molar-refractivity contribution is 0.282. The molecule has 1 saturated heterocycles. The average Bonchev–Trinajstić information content (AvgIpc) is 2.37. The van der Waals surface area contributed by atoms with Crippen LogP contribution in [0.1, 0.15) is 26.7 Å². The summed E-state index contributed by atoms with van der Waals surface area (Å²) in [7, 11) is -2.90. The van der Waals surface area contributed by atoms with Crippen molar-refractivity contribution in [2.75, 3.05) is 18.1 Å². The Kier molecular flexibility index (Phi) is 3.94.